The van der Waals surface area contributed by atoms with Crippen LogP contribution in [0.5, 0.6) is 0 Å². The quantitative estimate of drug-likeness (QED) is 0.183. The minimum absolute atomic E-state index is 0.660. The number of hydrogen-bond acceptors (Lipinski definition) is 5. The van der Waals surface area contributed by atoms with Crippen molar-refractivity contribution in [2.45, 2.75) is 0 Å². The number of anilines is 3. The molecule has 6 nitrogen and oxygen atoms in total. The average Bonchev–Trinajstić information content (AvgIpc) is 3.88. The van der Waals surface area contributed by atoms with E-state index in [0.29, 0.717) is 11.4 Å². The Morgan fingerprint density at radius 3 is 2.02 bits per heavy atom. The minimum Gasteiger partial charge on any atom is -0.456 e. The maximum absolute atomic E-state index is 6.49. The molecule has 52 heavy (non-hydrogen) atoms. The van der Waals surface area contributed by atoms with Gasteiger partial charge >= 0.3 is 0 Å². The monoisotopic (exact) mass is 668 g/mol. The molecule has 0 unspecified atom stereocenters. The zero-order chi connectivity index (χ0) is 34.2. The summed E-state index contributed by atoms with van der Waals surface area (Å²) < 4.78 is 14.9. The first-order chi connectivity index (χ1) is 25.8. The van der Waals surface area contributed by atoms with Crippen LogP contribution in [0.15, 0.2) is 179 Å². The molecule has 0 aliphatic rings. The largest absolute Gasteiger partial charge is 0.456 e. The van der Waals surface area contributed by atoms with E-state index < -0.39 is 0 Å². The van der Waals surface area contributed by atoms with Crippen LogP contribution in [0.2, 0.25) is 0 Å². The summed E-state index contributed by atoms with van der Waals surface area (Å²) in [5.74, 6) is 0.711. The molecule has 0 amide bonds. The van der Waals surface area contributed by atoms with E-state index in [9.17, 15) is 0 Å². The van der Waals surface area contributed by atoms with E-state index in [1.165, 1.54) is 0 Å². The van der Waals surface area contributed by atoms with Crippen molar-refractivity contribution in [3.63, 3.8) is 0 Å². The lowest BCUT2D eigenvalue weighted by Gasteiger charge is -2.26. The Bertz CT molecular complexity index is 3150. The number of aromatic nitrogens is 3. The molecular formula is C46H28N4O2. The summed E-state index contributed by atoms with van der Waals surface area (Å²) in [6.07, 6.45) is 1.64. The fourth-order valence-electron chi connectivity index (χ4n) is 7.83. The highest BCUT2D eigenvalue weighted by Crippen LogP contribution is 2.43. The van der Waals surface area contributed by atoms with Gasteiger partial charge in [0, 0.05) is 49.6 Å². The number of fused-ring (bicyclic) bond motifs is 9. The second-order valence-corrected chi connectivity index (χ2v) is 13.0. The number of benzene rings is 7. The highest BCUT2D eigenvalue weighted by atomic mass is 16.3. The molecule has 11 rings (SSSR count). The van der Waals surface area contributed by atoms with Crippen molar-refractivity contribution in [3.05, 3.63) is 170 Å². The van der Waals surface area contributed by atoms with Gasteiger partial charge in [-0.2, -0.15) is 0 Å². The van der Waals surface area contributed by atoms with Gasteiger partial charge in [-0.3, -0.25) is 4.57 Å². The van der Waals surface area contributed by atoms with Crippen LogP contribution in [0.25, 0.3) is 82.8 Å². The van der Waals surface area contributed by atoms with Crippen LogP contribution in [0, 0.1) is 0 Å². The van der Waals surface area contributed by atoms with Crippen LogP contribution in [-0.2, 0) is 0 Å². The second-order valence-electron chi connectivity index (χ2n) is 13.0. The van der Waals surface area contributed by atoms with Gasteiger partial charge in [0.15, 0.2) is 11.4 Å². The Hall–Kier alpha value is -7.18. The molecule has 0 N–H and O–H groups in total. The first-order valence-corrected chi connectivity index (χ1v) is 17.3. The van der Waals surface area contributed by atoms with Gasteiger partial charge in [-0.1, -0.05) is 97.1 Å². The van der Waals surface area contributed by atoms with Gasteiger partial charge in [0.2, 0.25) is 0 Å². The van der Waals surface area contributed by atoms with Gasteiger partial charge in [-0.15, -0.1) is 0 Å². The Morgan fingerprint density at radius 1 is 0.462 bits per heavy atom. The molecule has 0 radical (unpaired) electrons. The Balaban J connectivity index is 1.15. The van der Waals surface area contributed by atoms with Crippen molar-refractivity contribution in [1.82, 2.24) is 14.5 Å². The molecule has 0 atom stereocenters. The number of hydrogen-bond donors (Lipinski definition) is 0. The minimum atomic E-state index is 0.660. The molecule has 6 heteroatoms. The van der Waals surface area contributed by atoms with E-state index in [0.717, 1.165) is 88.4 Å². The van der Waals surface area contributed by atoms with Crippen molar-refractivity contribution >= 4 is 82.9 Å². The van der Waals surface area contributed by atoms with Crippen molar-refractivity contribution < 1.29 is 8.83 Å². The zero-order valence-electron chi connectivity index (χ0n) is 27.8. The summed E-state index contributed by atoms with van der Waals surface area (Å²) in [6, 6.07) is 57.0. The second kappa shape index (κ2) is 11.2. The summed E-state index contributed by atoms with van der Waals surface area (Å²) in [7, 11) is 0. The maximum Gasteiger partial charge on any atom is 0.197 e. The van der Waals surface area contributed by atoms with Gasteiger partial charge in [0.25, 0.3) is 0 Å². The molecule has 0 bridgehead atoms. The smallest absolute Gasteiger partial charge is 0.197 e. The Morgan fingerprint density at radius 2 is 1.13 bits per heavy atom. The van der Waals surface area contributed by atoms with Gasteiger partial charge in [0.05, 0.1) is 11.0 Å². The molecule has 0 fully saturated rings. The fourth-order valence-corrected chi connectivity index (χ4v) is 7.83. The molecule has 0 aliphatic carbocycles. The predicted molar refractivity (Wildman–Crippen MR) is 211 cm³/mol. The molecule has 7 aromatic carbocycles. The first kappa shape index (κ1) is 28.6. The average molecular weight is 669 g/mol. The predicted octanol–water partition coefficient (Wildman–Crippen LogP) is 12.5. The van der Waals surface area contributed by atoms with Crippen molar-refractivity contribution in [3.8, 4) is 16.9 Å². The van der Waals surface area contributed by atoms with Gasteiger partial charge in [-0.05, 0) is 72.3 Å². The highest BCUT2D eigenvalue weighted by molar-refractivity contribution is 6.15. The standard InChI is InChI=1S/C46H28N4O2/c1-2-13-30(14-3-1)49(32-24-25-42-38(27-32)35-17-5-8-22-40(35)51-42)31-15-10-12-29(26-31)33-19-11-20-36-34-16-4-7-21-39(34)50(44(33)36)46-45-43(47-28-48-46)37-18-6-9-23-41(37)52-45/h1-28H. The number of furan rings is 2. The molecule has 0 aliphatic heterocycles. The number of rotatable bonds is 5. The Kier molecular flexibility index (Phi) is 6.15. The van der Waals surface area contributed by atoms with Gasteiger partial charge in [-0.25, -0.2) is 9.97 Å². The third kappa shape index (κ3) is 4.25. The Labute approximate surface area is 297 Å². The number of para-hydroxylation sites is 5. The third-order valence-corrected chi connectivity index (χ3v) is 10.1. The fraction of sp³-hybridized carbons (Fsp3) is 0. The van der Waals surface area contributed by atoms with Crippen LogP contribution in [0.3, 0.4) is 0 Å². The first-order valence-electron chi connectivity index (χ1n) is 17.3. The van der Waals surface area contributed by atoms with E-state index in [-0.39, 0.29) is 0 Å². The molecular weight excluding hydrogens is 641 g/mol. The van der Waals surface area contributed by atoms with E-state index >= 15 is 0 Å². The van der Waals surface area contributed by atoms with Crippen LogP contribution < -0.4 is 4.90 Å². The highest BCUT2D eigenvalue weighted by Gasteiger charge is 2.22. The lowest BCUT2D eigenvalue weighted by Crippen LogP contribution is -2.09. The van der Waals surface area contributed by atoms with E-state index in [4.69, 9.17) is 13.8 Å². The van der Waals surface area contributed by atoms with Crippen molar-refractivity contribution in [2.24, 2.45) is 0 Å². The van der Waals surface area contributed by atoms with Crippen molar-refractivity contribution in [1.29, 1.82) is 0 Å². The van der Waals surface area contributed by atoms with Crippen molar-refractivity contribution in [2.75, 3.05) is 4.90 Å². The van der Waals surface area contributed by atoms with Crippen LogP contribution in [0.4, 0.5) is 17.1 Å². The molecule has 0 saturated carbocycles. The zero-order valence-corrected chi connectivity index (χ0v) is 27.8. The normalized spacial score (nSPS) is 11.8. The summed E-state index contributed by atoms with van der Waals surface area (Å²) in [4.78, 5) is 11.9. The van der Waals surface area contributed by atoms with Crippen LogP contribution in [0.1, 0.15) is 0 Å². The molecule has 4 heterocycles. The lowest BCUT2D eigenvalue weighted by atomic mass is 10.0. The van der Waals surface area contributed by atoms with E-state index in [2.05, 4.69) is 142 Å². The number of nitrogens with zero attached hydrogens (tertiary/aromatic N) is 4. The van der Waals surface area contributed by atoms with Gasteiger partial charge in [0.1, 0.15) is 28.6 Å². The van der Waals surface area contributed by atoms with E-state index in [1.807, 2.05) is 36.4 Å². The molecule has 4 aromatic heterocycles. The van der Waals surface area contributed by atoms with Gasteiger partial charge < -0.3 is 13.7 Å². The van der Waals surface area contributed by atoms with E-state index in [1.54, 1.807) is 6.33 Å². The SMILES string of the molecule is c1ccc(N(c2cccc(-c3cccc4c5ccccc5n(-c5ncnc6c5oc5ccccc56)c34)c2)c2ccc3oc4ccccc4c3c2)cc1. The molecule has 0 saturated heterocycles. The summed E-state index contributed by atoms with van der Waals surface area (Å²) in [5.41, 5.74) is 11.4. The summed E-state index contributed by atoms with van der Waals surface area (Å²) in [6.45, 7) is 0. The molecule has 244 valence electrons. The maximum atomic E-state index is 6.49. The summed E-state index contributed by atoms with van der Waals surface area (Å²) in [5, 5.41) is 5.44. The van der Waals surface area contributed by atoms with Crippen LogP contribution >= 0.6 is 0 Å². The lowest BCUT2D eigenvalue weighted by molar-refractivity contribution is 0.662. The van der Waals surface area contributed by atoms with Crippen LogP contribution in [-0.4, -0.2) is 14.5 Å². The molecule has 0 spiro atoms. The molecule has 11 aromatic rings. The topological polar surface area (TPSA) is 60.2 Å². The summed E-state index contributed by atoms with van der Waals surface area (Å²) >= 11 is 0. The third-order valence-electron chi connectivity index (χ3n) is 10.1.